The lowest BCUT2D eigenvalue weighted by Gasteiger charge is -2.17. The number of rotatable bonds is 24. The lowest BCUT2D eigenvalue weighted by Crippen LogP contribution is -2.10. The van der Waals surface area contributed by atoms with Gasteiger partial charge in [0.05, 0.1) is 14.6 Å². The molecule has 0 radical (unpaired) electrons. The predicted molar refractivity (Wildman–Crippen MR) is 365 cm³/mol. The van der Waals surface area contributed by atoms with E-state index in [2.05, 4.69) is 219 Å². The third-order valence-corrected chi connectivity index (χ3v) is 21.6. The van der Waals surface area contributed by atoms with Gasteiger partial charge in [-0.1, -0.05) is 190 Å². The molecule has 0 aliphatic carbocycles. The largest absolute Gasteiger partial charge is 0.340 e. The van der Waals surface area contributed by atoms with E-state index in [1.54, 1.807) is 34.0 Å². The SMILES string of the molecule is CCCCC(CC)Cn1c2ccccc2c2ccc(-c3ccc(-c4nc(-c5ccc(-c6ccc7c8ccccc8n(CC(CC)CCCC)c7c6)s5)nc(-c5ccc(-c6ccc7c8ccccc8n(CC(CC)CCCC)c7c6)s5)n4)s3)cc21. The molecule has 13 rings (SSSR count). The van der Waals surface area contributed by atoms with Crippen molar-refractivity contribution in [2.45, 2.75) is 138 Å². The molecular formula is C75H78N6S3. The van der Waals surface area contributed by atoms with E-state index in [-0.39, 0.29) is 0 Å². The second-order valence-electron chi connectivity index (χ2n) is 23.6. The third-order valence-electron chi connectivity index (χ3n) is 18.2. The summed E-state index contributed by atoms with van der Waals surface area (Å²) < 4.78 is 7.80. The van der Waals surface area contributed by atoms with E-state index < -0.39 is 0 Å². The fraction of sp³-hybridized carbons (Fsp3) is 0.320. The molecule has 6 nitrogen and oxygen atoms in total. The van der Waals surface area contributed by atoms with Crippen LogP contribution in [0.4, 0.5) is 0 Å². The molecule has 0 N–H and O–H groups in total. The van der Waals surface area contributed by atoms with Gasteiger partial charge in [0.25, 0.3) is 0 Å². The molecule has 7 aromatic heterocycles. The number of thiophene rings is 3. The van der Waals surface area contributed by atoms with Crippen molar-refractivity contribution in [3.05, 3.63) is 164 Å². The second-order valence-corrected chi connectivity index (χ2v) is 26.9. The van der Waals surface area contributed by atoms with E-state index in [1.165, 1.54) is 174 Å². The van der Waals surface area contributed by atoms with Crippen LogP contribution in [0.25, 0.3) is 129 Å². The molecule has 84 heavy (non-hydrogen) atoms. The quantitative estimate of drug-likeness (QED) is 0.0606. The van der Waals surface area contributed by atoms with Gasteiger partial charge in [0.1, 0.15) is 0 Å². The van der Waals surface area contributed by atoms with E-state index in [0.29, 0.717) is 35.2 Å². The van der Waals surface area contributed by atoms with Gasteiger partial charge in [0, 0.05) is 99.7 Å². The van der Waals surface area contributed by atoms with E-state index in [0.717, 1.165) is 34.3 Å². The third kappa shape index (κ3) is 10.9. The standard InChI is InChI=1S/C75H78N6S3/c1-7-13-22-49(10-4)46-79-61-28-19-16-25-55(61)58-34-31-52(43-64(58)79)67-37-40-70(82-67)73-76-74(71-41-38-68(83-71)53-32-35-59-56-26-17-20-29-62(56)80(65(59)44-53)47-50(11-5)23-14-8-2)78-75(77-73)72-42-39-69(84-72)54-33-36-60-57-27-18-21-30-63(57)81(66(60)45-54)48-51(12-6)24-15-9-3/h16-21,25-45,49-51H,7-15,22-24,46-48H2,1-6H3. The second kappa shape index (κ2) is 24.8. The monoisotopic (exact) mass is 1160 g/mol. The molecule has 0 aliphatic rings. The average molecular weight is 1160 g/mol. The van der Waals surface area contributed by atoms with Crippen molar-refractivity contribution >= 4 is 99.4 Å². The van der Waals surface area contributed by atoms with Crippen LogP contribution in [0.15, 0.2) is 164 Å². The molecule has 0 saturated carbocycles. The van der Waals surface area contributed by atoms with Gasteiger partial charge < -0.3 is 13.7 Å². The molecule has 7 heterocycles. The zero-order valence-electron chi connectivity index (χ0n) is 49.8. The van der Waals surface area contributed by atoms with Gasteiger partial charge in [-0.25, -0.2) is 15.0 Å². The molecule has 3 unspecified atom stereocenters. The first-order chi connectivity index (χ1) is 41.3. The molecule has 0 fully saturated rings. The normalized spacial score (nSPS) is 13.2. The van der Waals surface area contributed by atoms with Crippen LogP contribution < -0.4 is 0 Å². The van der Waals surface area contributed by atoms with Gasteiger partial charge in [0.2, 0.25) is 0 Å². The number of fused-ring (bicyclic) bond motifs is 9. The summed E-state index contributed by atoms with van der Waals surface area (Å²) in [6, 6.07) is 61.6. The number of benzene rings is 6. The van der Waals surface area contributed by atoms with E-state index in [1.807, 2.05) is 0 Å². The van der Waals surface area contributed by atoms with Crippen molar-refractivity contribution < 1.29 is 0 Å². The maximum absolute atomic E-state index is 5.40. The van der Waals surface area contributed by atoms with Crippen LogP contribution in [0.5, 0.6) is 0 Å². The molecule has 0 aliphatic heterocycles. The molecule has 0 bridgehead atoms. The fourth-order valence-electron chi connectivity index (χ4n) is 13.3. The number of hydrogen-bond donors (Lipinski definition) is 0. The minimum absolute atomic E-state index is 0.637. The number of nitrogens with zero attached hydrogens (tertiary/aromatic N) is 6. The zero-order valence-corrected chi connectivity index (χ0v) is 52.3. The van der Waals surface area contributed by atoms with Gasteiger partial charge in [-0.15, -0.1) is 34.0 Å². The predicted octanol–water partition coefficient (Wildman–Crippen LogP) is 23.0. The smallest absolute Gasteiger partial charge is 0.174 e. The Morgan fingerprint density at radius 1 is 0.310 bits per heavy atom. The fourth-order valence-corrected chi connectivity index (χ4v) is 16.1. The number of aromatic nitrogens is 6. The number of para-hydroxylation sites is 3. The van der Waals surface area contributed by atoms with Gasteiger partial charge >= 0.3 is 0 Å². The summed E-state index contributed by atoms with van der Waals surface area (Å²) in [6.45, 7) is 17.1. The summed E-state index contributed by atoms with van der Waals surface area (Å²) in [6.07, 6.45) is 14.8. The van der Waals surface area contributed by atoms with Crippen LogP contribution in [0.3, 0.4) is 0 Å². The van der Waals surface area contributed by atoms with Gasteiger partial charge in [0.15, 0.2) is 17.5 Å². The Labute approximate surface area is 507 Å². The lowest BCUT2D eigenvalue weighted by atomic mass is 9.99. The molecule has 426 valence electrons. The average Bonchev–Trinajstić information content (AvgIpc) is 3.32. The molecule has 0 saturated heterocycles. The molecule has 0 spiro atoms. The van der Waals surface area contributed by atoms with Crippen molar-refractivity contribution in [2.75, 3.05) is 0 Å². The Hall–Kier alpha value is -7.17. The maximum atomic E-state index is 5.40. The Bertz CT molecular complexity index is 3980. The first-order valence-corrected chi connectivity index (χ1v) is 33.9. The van der Waals surface area contributed by atoms with Gasteiger partial charge in [-0.2, -0.15) is 0 Å². The Morgan fingerprint density at radius 3 is 0.869 bits per heavy atom. The van der Waals surface area contributed by atoms with Crippen LogP contribution in [-0.4, -0.2) is 28.7 Å². The van der Waals surface area contributed by atoms with Crippen molar-refractivity contribution in [3.63, 3.8) is 0 Å². The van der Waals surface area contributed by atoms with Crippen LogP contribution >= 0.6 is 34.0 Å². The minimum Gasteiger partial charge on any atom is -0.340 e. The molecule has 6 aromatic carbocycles. The highest BCUT2D eigenvalue weighted by molar-refractivity contribution is 7.19. The highest BCUT2D eigenvalue weighted by Gasteiger charge is 2.22. The first-order valence-electron chi connectivity index (χ1n) is 31.5. The maximum Gasteiger partial charge on any atom is 0.174 e. The van der Waals surface area contributed by atoms with Gasteiger partial charge in [-0.3, -0.25) is 0 Å². The Kier molecular flexibility index (Phi) is 16.5. The van der Waals surface area contributed by atoms with Crippen molar-refractivity contribution in [1.29, 1.82) is 0 Å². The zero-order chi connectivity index (χ0) is 57.3. The molecule has 0 amide bonds. The Morgan fingerprint density at radius 2 is 0.583 bits per heavy atom. The minimum atomic E-state index is 0.637. The van der Waals surface area contributed by atoms with Crippen LogP contribution in [0.1, 0.15) is 119 Å². The summed E-state index contributed by atoms with van der Waals surface area (Å²) in [7, 11) is 0. The van der Waals surface area contributed by atoms with Crippen molar-refractivity contribution in [3.8, 4) is 63.4 Å². The molecule has 3 atom stereocenters. The number of hydrogen-bond acceptors (Lipinski definition) is 6. The molecule has 9 heteroatoms. The molecular weight excluding hydrogens is 1080 g/mol. The van der Waals surface area contributed by atoms with Crippen LogP contribution in [-0.2, 0) is 19.6 Å². The summed E-state index contributed by atoms with van der Waals surface area (Å²) in [5.74, 6) is 4.01. The van der Waals surface area contributed by atoms with E-state index >= 15 is 0 Å². The topological polar surface area (TPSA) is 53.5 Å². The van der Waals surface area contributed by atoms with Crippen LogP contribution in [0.2, 0.25) is 0 Å². The van der Waals surface area contributed by atoms with E-state index in [4.69, 9.17) is 15.0 Å². The Balaban J connectivity index is 0.893. The summed E-state index contributed by atoms with van der Waals surface area (Å²) in [5, 5.41) is 7.94. The van der Waals surface area contributed by atoms with Crippen LogP contribution in [0, 0.1) is 17.8 Å². The highest BCUT2D eigenvalue weighted by atomic mass is 32.1. The lowest BCUT2D eigenvalue weighted by molar-refractivity contribution is 0.401. The van der Waals surface area contributed by atoms with Gasteiger partial charge in [-0.05, 0) is 127 Å². The molecule has 13 aromatic rings. The summed E-state index contributed by atoms with van der Waals surface area (Å²) in [5.41, 5.74) is 11.5. The van der Waals surface area contributed by atoms with Crippen molar-refractivity contribution in [1.82, 2.24) is 28.7 Å². The van der Waals surface area contributed by atoms with E-state index in [9.17, 15) is 0 Å². The summed E-state index contributed by atoms with van der Waals surface area (Å²) in [4.78, 5) is 22.9. The highest BCUT2D eigenvalue weighted by Crippen LogP contribution is 2.43. The number of unbranched alkanes of at least 4 members (excludes halogenated alkanes) is 3. The summed E-state index contributed by atoms with van der Waals surface area (Å²) >= 11 is 5.31. The van der Waals surface area contributed by atoms with Crippen molar-refractivity contribution in [2.24, 2.45) is 17.8 Å². The first kappa shape index (κ1) is 56.0.